The van der Waals surface area contributed by atoms with E-state index >= 15 is 0 Å². The van der Waals surface area contributed by atoms with Crippen molar-refractivity contribution >= 4 is 5.78 Å². The predicted molar refractivity (Wildman–Crippen MR) is 95.4 cm³/mol. The molecular weight excluding hydrogens is 284 g/mol. The number of carbonyl (C=O) groups is 1. The molecule has 0 atom stereocenters. The molecule has 0 unspecified atom stereocenters. The highest BCUT2D eigenvalue weighted by molar-refractivity contribution is 5.94. The smallest absolute Gasteiger partial charge is 0.159 e. The molecule has 0 aliphatic rings. The van der Waals surface area contributed by atoms with Crippen LogP contribution < -0.4 is 0 Å². The van der Waals surface area contributed by atoms with Crippen molar-refractivity contribution in [1.29, 1.82) is 0 Å². The molecule has 2 aromatic rings. The van der Waals surface area contributed by atoms with E-state index in [2.05, 4.69) is 45.9 Å². The standard InChI is InChI=1S/C21H26O2/c1-14-6-7-16(12-20(14)21(3,4)5)8-9-17-10-18(15(2)22)13-19(23)11-17/h6-7,10-13,23H,8-9H2,1-5H3. The van der Waals surface area contributed by atoms with Crippen molar-refractivity contribution in [2.45, 2.75) is 52.9 Å². The summed E-state index contributed by atoms with van der Waals surface area (Å²) in [6.07, 6.45) is 1.70. The summed E-state index contributed by atoms with van der Waals surface area (Å²) < 4.78 is 0. The van der Waals surface area contributed by atoms with E-state index in [0.717, 1.165) is 18.4 Å². The summed E-state index contributed by atoms with van der Waals surface area (Å²) in [5.74, 6) is 0.138. The van der Waals surface area contributed by atoms with Gasteiger partial charge >= 0.3 is 0 Å². The molecule has 2 aromatic carbocycles. The quantitative estimate of drug-likeness (QED) is 0.808. The summed E-state index contributed by atoms with van der Waals surface area (Å²) in [4.78, 5) is 11.5. The zero-order valence-corrected chi connectivity index (χ0v) is 14.7. The number of rotatable bonds is 4. The van der Waals surface area contributed by atoms with Crippen molar-refractivity contribution in [2.75, 3.05) is 0 Å². The summed E-state index contributed by atoms with van der Waals surface area (Å²) >= 11 is 0. The Labute approximate surface area is 139 Å². The number of hydrogen-bond donors (Lipinski definition) is 1. The van der Waals surface area contributed by atoms with E-state index < -0.39 is 0 Å². The van der Waals surface area contributed by atoms with Gasteiger partial charge in [-0.1, -0.05) is 39.0 Å². The lowest BCUT2D eigenvalue weighted by Gasteiger charge is -2.22. The lowest BCUT2D eigenvalue weighted by molar-refractivity contribution is 0.101. The van der Waals surface area contributed by atoms with Gasteiger partial charge in [-0.2, -0.15) is 0 Å². The van der Waals surface area contributed by atoms with Gasteiger partial charge < -0.3 is 5.11 Å². The molecule has 0 amide bonds. The predicted octanol–water partition coefficient (Wildman–Crippen LogP) is 4.99. The zero-order valence-electron chi connectivity index (χ0n) is 14.7. The molecule has 0 aliphatic carbocycles. The lowest BCUT2D eigenvalue weighted by atomic mass is 9.83. The van der Waals surface area contributed by atoms with Gasteiger partial charge in [0.15, 0.2) is 5.78 Å². The second-order valence-electron chi connectivity index (χ2n) is 7.34. The minimum absolute atomic E-state index is 0.0208. The van der Waals surface area contributed by atoms with Gasteiger partial charge in [0.2, 0.25) is 0 Å². The Bertz CT molecular complexity index is 721. The molecule has 0 spiro atoms. The van der Waals surface area contributed by atoms with Crippen molar-refractivity contribution < 1.29 is 9.90 Å². The fourth-order valence-corrected chi connectivity index (χ4v) is 2.94. The molecule has 0 aromatic heterocycles. The van der Waals surface area contributed by atoms with Crippen LogP contribution in [0.25, 0.3) is 0 Å². The number of carbonyl (C=O) groups excluding carboxylic acids is 1. The van der Waals surface area contributed by atoms with Gasteiger partial charge in [-0.25, -0.2) is 0 Å². The number of aromatic hydroxyl groups is 1. The third-order valence-electron chi connectivity index (χ3n) is 4.20. The fourth-order valence-electron chi connectivity index (χ4n) is 2.94. The Morgan fingerprint density at radius 1 is 1.00 bits per heavy atom. The normalized spacial score (nSPS) is 11.5. The Kier molecular flexibility index (Phi) is 4.93. The molecule has 0 bridgehead atoms. The Hall–Kier alpha value is -2.09. The summed E-state index contributed by atoms with van der Waals surface area (Å²) in [5, 5.41) is 9.77. The van der Waals surface area contributed by atoms with Crippen LogP contribution >= 0.6 is 0 Å². The molecule has 23 heavy (non-hydrogen) atoms. The highest BCUT2D eigenvalue weighted by atomic mass is 16.3. The number of Topliss-reactive ketones (excluding diaryl/α,β-unsaturated/α-hetero) is 1. The maximum atomic E-state index is 11.5. The van der Waals surface area contributed by atoms with Crippen LogP contribution in [0, 0.1) is 6.92 Å². The van der Waals surface area contributed by atoms with Crippen LogP contribution in [0.5, 0.6) is 5.75 Å². The van der Waals surface area contributed by atoms with Crippen LogP contribution in [-0.2, 0) is 18.3 Å². The third kappa shape index (κ3) is 4.44. The summed E-state index contributed by atoms with van der Waals surface area (Å²) in [6.45, 7) is 10.4. The Balaban J connectivity index is 2.20. The summed E-state index contributed by atoms with van der Waals surface area (Å²) in [7, 11) is 0. The van der Waals surface area contributed by atoms with Gasteiger partial charge in [-0.05, 0) is 72.6 Å². The molecule has 0 heterocycles. The number of aryl methyl sites for hydroxylation is 3. The van der Waals surface area contributed by atoms with Crippen molar-refractivity contribution in [1.82, 2.24) is 0 Å². The van der Waals surface area contributed by atoms with E-state index in [1.807, 2.05) is 6.07 Å². The summed E-state index contributed by atoms with van der Waals surface area (Å²) in [6, 6.07) is 11.8. The van der Waals surface area contributed by atoms with Crippen molar-refractivity contribution in [3.63, 3.8) is 0 Å². The first-order valence-corrected chi connectivity index (χ1v) is 8.10. The van der Waals surface area contributed by atoms with Gasteiger partial charge in [0.05, 0.1) is 0 Å². The first-order valence-electron chi connectivity index (χ1n) is 8.10. The molecule has 2 nitrogen and oxygen atoms in total. The van der Waals surface area contributed by atoms with E-state index in [1.165, 1.54) is 29.7 Å². The minimum Gasteiger partial charge on any atom is -0.508 e. The third-order valence-corrected chi connectivity index (χ3v) is 4.20. The number of phenolic OH excluding ortho intramolecular Hbond substituents is 1. The fraction of sp³-hybridized carbons (Fsp3) is 0.381. The van der Waals surface area contributed by atoms with Crippen LogP contribution in [0.2, 0.25) is 0 Å². The first kappa shape index (κ1) is 17.3. The first-order chi connectivity index (χ1) is 10.7. The molecule has 2 heteroatoms. The second-order valence-corrected chi connectivity index (χ2v) is 7.34. The maximum absolute atomic E-state index is 11.5. The molecule has 0 saturated carbocycles. The van der Waals surface area contributed by atoms with Crippen LogP contribution in [0.4, 0.5) is 0 Å². The molecule has 0 fully saturated rings. The molecular formula is C21H26O2. The number of phenols is 1. The van der Waals surface area contributed by atoms with Gasteiger partial charge in [0.1, 0.15) is 5.75 Å². The molecule has 1 N–H and O–H groups in total. The number of ketones is 1. The lowest BCUT2D eigenvalue weighted by Crippen LogP contribution is -2.13. The van der Waals surface area contributed by atoms with Gasteiger partial charge in [0.25, 0.3) is 0 Å². The average molecular weight is 310 g/mol. The second kappa shape index (κ2) is 6.57. The Morgan fingerprint density at radius 2 is 1.65 bits per heavy atom. The van der Waals surface area contributed by atoms with Crippen LogP contribution in [0.15, 0.2) is 36.4 Å². The molecule has 2 rings (SSSR count). The van der Waals surface area contributed by atoms with Crippen molar-refractivity contribution in [3.8, 4) is 5.75 Å². The van der Waals surface area contributed by atoms with E-state index in [-0.39, 0.29) is 16.9 Å². The highest BCUT2D eigenvalue weighted by Crippen LogP contribution is 2.27. The summed E-state index contributed by atoms with van der Waals surface area (Å²) in [5.41, 5.74) is 5.67. The molecule has 0 saturated heterocycles. The molecule has 0 radical (unpaired) electrons. The largest absolute Gasteiger partial charge is 0.508 e. The van der Waals surface area contributed by atoms with Crippen LogP contribution in [-0.4, -0.2) is 10.9 Å². The minimum atomic E-state index is -0.0208. The molecule has 122 valence electrons. The van der Waals surface area contributed by atoms with Crippen molar-refractivity contribution in [2.24, 2.45) is 0 Å². The Morgan fingerprint density at radius 3 is 2.26 bits per heavy atom. The maximum Gasteiger partial charge on any atom is 0.159 e. The van der Waals surface area contributed by atoms with Crippen LogP contribution in [0.3, 0.4) is 0 Å². The highest BCUT2D eigenvalue weighted by Gasteiger charge is 2.16. The number of hydrogen-bond acceptors (Lipinski definition) is 2. The van der Waals surface area contributed by atoms with Gasteiger partial charge in [-0.15, -0.1) is 0 Å². The SMILES string of the molecule is CC(=O)c1cc(O)cc(CCc2ccc(C)c(C(C)(C)C)c2)c1. The topological polar surface area (TPSA) is 37.3 Å². The van der Waals surface area contributed by atoms with Crippen molar-refractivity contribution in [3.05, 3.63) is 64.2 Å². The molecule has 0 aliphatic heterocycles. The average Bonchev–Trinajstić information content (AvgIpc) is 2.44. The van der Waals surface area contributed by atoms with E-state index in [1.54, 1.807) is 6.07 Å². The van der Waals surface area contributed by atoms with E-state index in [0.29, 0.717) is 5.56 Å². The number of benzene rings is 2. The monoisotopic (exact) mass is 310 g/mol. The van der Waals surface area contributed by atoms with E-state index in [4.69, 9.17) is 0 Å². The van der Waals surface area contributed by atoms with E-state index in [9.17, 15) is 9.90 Å². The zero-order chi connectivity index (χ0) is 17.2. The van der Waals surface area contributed by atoms with Crippen LogP contribution in [0.1, 0.15) is 60.3 Å². The van der Waals surface area contributed by atoms with Gasteiger partial charge in [0, 0.05) is 5.56 Å². The van der Waals surface area contributed by atoms with Gasteiger partial charge in [-0.3, -0.25) is 4.79 Å².